The quantitative estimate of drug-likeness (QED) is 0.528. The summed E-state index contributed by atoms with van der Waals surface area (Å²) < 4.78 is 14.2. The number of nitrogens with one attached hydrogen (secondary N) is 1. The van der Waals surface area contributed by atoms with Gasteiger partial charge in [-0.2, -0.15) is 0 Å². The van der Waals surface area contributed by atoms with E-state index < -0.39 is 0 Å². The van der Waals surface area contributed by atoms with Crippen molar-refractivity contribution in [3.8, 4) is 0 Å². The zero-order chi connectivity index (χ0) is 25.7. The number of halogens is 3. The first-order chi connectivity index (χ1) is 17.4. The van der Waals surface area contributed by atoms with Crippen LogP contribution in [0.25, 0.3) is 0 Å². The predicted molar refractivity (Wildman–Crippen MR) is 145 cm³/mol. The number of hydrogen-bond acceptors (Lipinski definition) is 6. The van der Waals surface area contributed by atoms with E-state index in [4.69, 9.17) is 28.9 Å². The summed E-state index contributed by atoms with van der Waals surface area (Å²) >= 11 is 12.4. The Hall–Kier alpha value is -1.97. The molecule has 2 aliphatic rings. The fraction of sp³-hybridized carbons (Fsp3) is 0.538. The Morgan fingerprint density at radius 1 is 1.22 bits per heavy atom. The highest BCUT2D eigenvalue weighted by Crippen LogP contribution is 2.30. The SMILES string of the molecule is CC[C@H]1CN(c2ncc(C(=O)NCCN)cc2Cl)CCN1C1CCN(Cc2ccc(Cl)cc2F)CC1.[HH]. The second-order valence-corrected chi connectivity index (χ2v) is 10.4. The first kappa shape index (κ1) is 27.1. The minimum Gasteiger partial charge on any atom is -0.353 e. The smallest absolute Gasteiger partial charge is 0.252 e. The van der Waals surface area contributed by atoms with Crippen LogP contribution in [0.15, 0.2) is 30.5 Å². The molecular weight excluding hydrogens is 502 g/mol. The maximum absolute atomic E-state index is 14.2. The van der Waals surface area contributed by atoms with E-state index in [0.717, 1.165) is 57.8 Å². The van der Waals surface area contributed by atoms with Crippen LogP contribution in [0.5, 0.6) is 0 Å². The molecule has 0 spiro atoms. The standard InChI is InChI=1S/C26H35Cl2FN6O.H2/c1-2-21-17-34(25-23(28)13-19(15-32-25)26(36)31-8-7-30)11-12-35(21)22-5-9-33(10-6-22)16-18-3-4-20(27)14-24(18)29;/h3-4,13-15,21-22H,2,5-12,16-17,30H2,1H3,(H,31,36);1H/t21-;/m0./s1. The van der Waals surface area contributed by atoms with Crippen LogP contribution in [0.2, 0.25) is 10.0 Å². The van der Waals surface area contributed by atoms with Crippen LogP contribution in [-0.2, 0) is 6.54 Å². The first-order valence-electron chi connectivity index (χ1n) is 12.7. The Kier molecular flexibility index (Phi) is 9.41. The van der Waals surface area contributed by atoms with Crippen LogP contribution in [0.3, 0.4) is 0 Å². The van der Waals surface area contributed by atoms with E-state index in [1.807, 2.05) is 0 Å². The normalized spacial score (nSPS) is 20.0. The number of carbonyl (C=O) groups excluding carboxylic acids is 1. The summed E-state index contributed by atoms with van der Waals surface area (Å²) in [5.41, 5.74) is 6.60. The molecule has 1 atom stereocenters. The molecule has 1 aromatic heterocycles. The Morgan fingerprint density at radius 2 is 2.00 bits per heavy atom. The van der Waals surface area contributed by atoms with Crippen LogP contribution >= 0.6 is 23.2 Å². The van der Waals surface area contributed by atoms with Crippen molar-refractivity contribution in [1.82, 2.24) is 20.1 Å². The lowest BCUT2D eigenvalue weighted by Gasteiger charge is -2.47. The summed E-state index contributed by atoms with van der Waals surface area (Å²) in [5.74, 6) is 0.274. The van der Waals surface area contributed by atoms with Gasteiger partial charge in [0.25, 0.3) is 5.91 Å². The largest absolute Gasteiger partial charge is 0.353 e. The Labute approximate surface area is 224 Å². The number of piperazine rings is 1. The molecule has 10 heteroatoms. The Balaban J connectivity index is 0.00000380. The van der Waals surface area contributed by atoms with E-state index >= 15 is 0 Å². The average Bonchev–Trinajstić information content (AvgIpc) is 2.89. The number of carbonyl (C=O) groups is 1. The molecule has 0 saturated carbocycles. The van der Waals surface area contributed by atoms with Gasteiger partial charge in [0.2, 0.25) is 0 Å². The fourth-order valence-corrected chi connectivity index (χ4v) is 5.73. The van der Waals surface area contributed by atoms with E-state index in [2.05, 4.69) is 31.9 Å². The number of hydrogen-bond donors (Lipinski definition) is 2. The van der Waals surface area contributed by atoms with Gasteiger partial charge in [0.1, 0.15) is 11.6 Å². The highest BCUT2D eigenvalue weighted by atomic mass is 35.5. The van der Waals surface area contributed by atoms with Crippen molar-refractivity contribution in [3.63, 3.8) is 0 Å². The summed E-state index contributed by atoms with van der Waals surface area (Å²) in [7, 11) is 0. The number of amides is 1. The lowest BCUT2D eigenvalue weighted by atomic mass is 9.97. The van der Waals surface area contributed by atoms with Gasteiger partial charge >= 0.3 is 0 Å². The summed E-state index contributed by atoms with van der Waals surface area (Å²) in [6, 6.07) is 7.52. The monoisotopic (exact) mass is 538 g/mol. The molecule has 2 saturated heterocycles. The van der Waals surface area contributed by atoms with Crippen LogP contribution in [-0.4, -0.2) is 78.6 Å². The van der Waals surface area contributed by atoms with E-state index in [1.165, 1.54) is 6.07 Å². The minimum absolute atomic E-state index is 0. The lowest BCUT2D eigenvalue weighted by Crippen LogP contribution is -2.58. The molecule has 1 amide bonds. The van der Waals surface area contributed by atoms with Gasteiger partial charge in [-0.1, -0.05) is 36.2 Å². The van der Waals surface area contributed by atoms with Gasteiger partial charge < -0.3 is 16.0 Å². The number of piperidine rings is 1. The number of anilines is 1. The lowest BCUT2D eigenvalue weighted by molar-refractivity contribution is 0.0607. The molecule has 2 aliphatic heterocycles. The molecule has 0 radical (unpaired) electrons. The molecule has 0 aliphatic carbocycles. The summed E-state index contributed by atoms with van der Waals surface area (Å²) in [4.78, 5) is 23.9. The number of likely N-dealkylation sites (tertiary alicyclic amines) is 1. The molecule has 2 aromatic rings. The maximum atomic E-state index is 14.2. The molecule has 36 heavy (non-hydrogen) atoms. The van der Waals surface area contributed by atoms with Gasteiger partial charge in [0.15, 0.2) is 0 Å². The van der Waals surface area contributed by atoms with Crippen LogP contribution < -0.4 is 16.0 Å². The molecule has 1 aromatic carbocycles. The van der Waals surface area contributed by atoms with Gasteiger partial charge in [-0.15, -0.1) is 0 Å². The highest BCUT2D eigenvalue weighted by Gasteiger charge is 2.34. The van der Waals surface area contributed by atoms with Gasteiger partial charge in [0, 0.05) is 69.6 Å². The van der Waals surface area contributed by atoms with Crippen molar-refractivity contribution in [1.29, 1.82) is 0 Å². The number of nitrogens with two attached hydrogens (primary N) is 1. The third-order valence-corrected chi connectivity index (χ3v) is 7.76. The molecule has 3 heterocycles. The Morgan fingerprint density at radius 3 is 2.67 bits per heavy atom. The predicted octanol–water partition coefficient (Wildman–Crippen LogP) is 4.03. The molecule has 2 fully saturated rings. The molecular formula is C26H37Cl2FN6O. The number of pyridine rings is 1. The van der Waals surface area contributed by atoms with Gasteiger partial charge in [-0.05, 0) is 50.6 Å². The third kappa shape index (κ3) is 6.47. The maximum Gasteiger partial charge on any atom is 0.252 e. The van der Waals surface area contributed by atoms with Crippen LogP contribution in [0.1, 0.15) is 43.5 Å². The van der Waals surface area contributed by atoms with E-state index in [9.17, 15) is 9.18 Å². The molecule has 0 bridgehead atoms. The molecule has 3 N–H and O–H groups in total. The van der Waals surface area contributed by atoms with E-state index in [-0.39, 0.29) is 13.2 Å². The van der Waals surface area contributed by atoms with Crippen LogP contribution in [0.4, 0.5) is 10.2 Å². The van der Waals surface area contributed by atoms with E-state index in [1.54, 1.807) is 24.4 Å². The van der Waals surface area contributed by atoms with Gasteiger partial charge in [-0.25, -0.2) is 9.37 Å². The molecule has 198 valence electrons. The molecule has 7 nitrogen and oxygen atoms in total. The van der Waals surface area contributed by atoms with Crippen molar-refractivity contribution in [2.75, 3.05) is 50.7 Å². The fourth-order valence-electron chi connectivity index (χ4n) is 5.28. The molecule has 0 unspecified atom stereocenters. The minimum atomic E-state index is -0.233. The zero-order valence-corrected chi connectivity index (χ0v) is 22.2. The Bertz CT molecular complexity index is 1060. The second-order valence-electron chi connectivity index (χ2n) is 9.56. The summed E-state index contributed by atoms with van der Waals surface area (Å²) in [6.45, 7) is 8.14. The van der Waals surface area contributed by atoms with Crippen LogP contribution in [0, 0.1) is 5.82 Å². The third-order valence-electron chi connectivity index (χ3n) is 7.25. The molecule has 4 rings (SSSR count). The van der Waals surface area contributed by atoms with Crippen molar-refractivity contribution >= 4 is 34.9 Å². The summed E-state index contributed by atoms with van der Waals surface area (Å²) in [5, 5.41) is 3.66. The number of aromatic nitrogens is 1. The first-order valence-corrected chi connectivity index (χ1v) is 13.5. The number of rotatable bonds is 8. The second kappa shape index (κ2) is 12.5. The zero-order valence-electron chi connectivity index (χ0n) is 20.7. The van der Waals surface area contributed by atoms with Crippen molar-refractivity contribution < 1.29 is 10.6 Å². The van der Waals surface area contributed by atoms with Crippen molar-refractivity contribution in [2.24, 2.45) is 5.73 Å². The highest BCUT2D eigenvalue weighted by molar-refractivity contribution is 6.33. The average molecular weight is 540 g/mol. The van der Waals surface area contributed by atoms with E-state index in [0.29, 0.717) is 52.9 Å². The summed E-state index contributed by atoms with van der Waals surface area (Å²) in [6.07, 6.45) is 4.75. The van der Waals surface area contributed by atoms with Crippen molar-refractivity contribution in [2.45, 2.75) is 44.8 Å². The van der Waals surface area contributed by atoms with Gasteiger partial charge in [0.05, 0.1) is 10.6 Å². The van der Waals surface area contributed by atoms with Gasteiger partial charge in [-0.3, -0.25) is 14.6 Å². The van der Waals surface area contributed by atoms with Crippen molar-refractivity contribution in [3.05, 3.63) is 57.5 Å². The number of benzene rings is 1. The topological polar surface area (TPSA) is 77.7 Å². The number of nitrogens with zero attached hydrogens (tertiary/aromatic N) is 4.